The van der Waals surface area contributed by atoms with Crippen molar-refractivity contribution in [1.29, 1.82) is 0 Å². The number of aliphatic hydroxyl groups excluding tert-OH is 4. The van der Waals surface area contributed by atoms with Crippen LogP contribution in [0.25, 0.3) is 0 Å². The van der Waals surface area contributed by atoms with Crippen molar-refractivity contribution in [3.05, 3.63) is 17.5 Å². The van der Waals surface area contributed by atoms with Gasteiger partial charge in [-0.1, -0.05) is 24.9 Å². The molecule has 0 aliphatic carbocycles. The molecule has 1 aromatic heterocycles. The van der Waals surface area contributed by atoms with Crippen molar-refractivity contribution in [2.45, 2.75) is 56.5 Å². The summed E-state index contributed by atoms with van der Waals surface area (Å²) in [6, 6.07) is 1.19. The van der Waals surface area contributed by atoms with Crippen molar-refractivity contribution in [3.8, 4) is 0 Å². The summed E-state index contributed by atoms with van der Waals surface area (Å²) in [6.45, 7) is 1.09. The molecule has 4 atom stereocenters. The van der Waals surface area contributed by atoms with E-state index in [4.69, 9.17) is 9.63 Å². The molecule has 0 aliphatic rings. The van der Waals surface area contributed by atoms with Crippen LogP contribution in [-0.2, 0) is 16.8 Å². The third-order valence-electron chi connectivity index (χ3n) is 3.64. The van der Waals surface area contributed by atoms with Crippen molar-refractivity contribution < 1.29 is 40.0 Å². The molecule has 1 heterocycles. The van der Waals surface area contributed by atoms with Gasteiger partial charge in [-0.05, 0) is 6.42 Å². The lowest BCUT2D eigenvalue weighted by molar-refractivity contribution is -0.195. The topological polar surface area (TPSA) is 164 Å². The Hall–Kier alpha value is -1.52. The van der Waals surface area contributed by atoms with Crippen LogP contribution in [0.15, 0.2) is 10.6 Å². The van der Waals surface area contributed by atoms with E-state index in [-0.39, 0.29) is 0 Å². The molecule has 1 rings (SSSR count). The van der Waals surface area contributed by atoms with Gasteiger partial charge in [0.25, 0.3) is 0 Å². The second kappa shape index (κ2) is 8.37. The zero-order chi connectivity index (χ0) is 17.6. The first-order chi connectivity index (χ1) is 10.8. The minimum atomic E-state index is -2.98. The largest absolute Gasteiger partial charge is 0.479 e. The smallest absolute Gasteiger partial charge is 0.345 e. The van der Waals surface area contributed by atoms with Crippen molar-refractivity contribution in [1.82, 2.24) is 5.16 Å². The van der Waals surface area contributed by atoms with E-state index in [1.807, 2.05) is 6.92 Å². The van der Waals surface area contributed by atoms with E-state index in [1.54, 1.807) is 0 Å². The number of hydrogen-bond acceptors (Lipinski definition) is 8. The Morgan fingerprint density at radius 1 is 1.35 bits per heavy atom. The normalized spacial score (nSPS) is 18.2. The molecule has 0 saturated carbocycles. The average molecular weight is 333 g/mol. The summed E-state index contributed by atoms with van der Waals surface area (Å²) in [7, 11) is 0. The van der Waals surface area contributed by atoms with Crippen LogP contribution in [0.3, 0.4) is 0 Å². The Morgan fingerprint density at radius 2 is 2.00 bits per heavy atom. The van der Waals surface area contributed by atoms with Gasteiger partial charge in [0.05, 0.1) is 6.61 Å². The Labute approximate surface area is 132 Å². The first-order valence-electron chi connectivity index (χ1n) is 7.35. The molecule has 0 bridgehead atoms. The summed E-state index contributed by atoms with van der Waals surface area (Å²) in [5, 5.41) is 60.7. The van der Waals surface area contributed by atoms with Gasteiger partial charge in [0.15, 0.2) is 0 Å². The summed E-state index contributed by atoms with van der Waals surface area (Å²) >= 11 is 0. The van der Waals surface area contributed by atoms with E-state index in [9.17, 15) is 30.3 Å². The first-order valence-corrected chi connectivity index (χ1v) is 7.35. The summed E-state index contributed by atoms with van der Waals surface area (Å²) in [5.74, 6) is -1.54. The van der Waals surface area contributed by atoms with E-state index < -0.39 is 42.2 Å². The van der Waals surface area contributed by atoms with E-state index in [2.05, 4.69) is 5.16 Å². The average Bonchev–Trinajstić information content (AvgIpc) is 3.01. The predicted octanol–water partition coefficient (Wildman–Crippen LogP) is -1.25. The lowest BCUT2D eigenvalue weighted by Gasteiger charge is -2.31. The number of nitrogens with zero attached hydrogens (tertiary/aromatic N) is 1. The van der Waals surface area contributed by atoms with Gasteiger partial charge in [-0.15, -0.1) is 0 Å². The van der Waals surface area contributed by atoms with E-state index in [0.29, 0.717) is 12.2 Å². The molecule has 0 amide bonds. The number of unbranched alkanes of at least 4 members (excludes halogenated alkanes) is 2. The van der Waals surface area contributed by atoms with Crippen LogP contribution in [0.1, 0.15) is 37.6 Å². The maximum Gasteiger partial charge on any atom is 0.345 e. The van der Waals surface area contributed by atoms with E-state index in [0.717, 1.165) is 19.3 Å². The molecule has 23 heavy (non-hydrogen) atoms. The molecule has 9 nitrogen and oxygen atoms in total. The number of rotatable bonds is 10. The molecule has 1 aromatic rings. The zero-order valence-electron chi connectivity index (χ0n) is 12.8. The number of aromatic nitrogens is 1. The molecule has 0 spiro atoms. The Kier molecular flexibility index (Phi) is 7.10. The van der Waals surface area contributed by atoms with Crippen LogP contribution < -0.4 is 0 Å². The summed E-state index contributed by atoms with van der Waals surface area (Å²) in [4.78, 5) is 11.4. The Morgan fingerprint density at radius 3 is 2.52 bits per heavy atom. The van der Waals surface area contributed by atoms with Gasteiger partial charge in [-0.25, -0.2) is 4.79 Å². The third kappa shape index (κ3) is 4.27. The van der Waals surface area contributed by atoms with E-state index >= 15 is 0 Å². The van der Waals surface area contributed by atoms with Crippen LogP contribution >= 0.6 is 0 Å². The van der Waals surface area contributed by atoms with Crippen molar-refractivity contribution in [3.63, 3.8) is 0 Å². The molecule has 0 unspecified atom stereocenters. The molecule has 9 heteroatoms. The van der Waals surface area contributed by atoms with Crippen molar-refractivity contribution in [2.24, 2.45) is 0 Å². The molecular weight excluding hydrogens is 310 g/mol. The SMILES string of the molecule is CCCCCc1cc([C@](O)(C(=O)O)[C@@H](O)[C@H](O)[C@H](O)CO)no1. The lowest BCUT2D eigenvalue weighted by Crippen LogP contribution is -2.56. The molecule has 6 N–H and O–H groups in total. The second-order valence-corrected chi connectivity index (χ2v) is 5.39. The number of aliphatic hydroxyl groups is 5. The summed E-state index contributed by atoms with van der Waals surface area (Å²) < 4.78 is 4.95. The fourth-order valence-electron chi connectivity index (χ4n) is 2.11. The molecule has 0 saturated heterocycles. The first kappa shape index (κ1) is 19.5. The number of carboxylic acid groups (broad SMARTS) is 1. The standard InChI is InChI=1S/C14H23NO8/c1-2-3-4-5-8-6-10(15-23-8)14(22,13(20)21)12(19)11(18)9(17)7-16/h6,9,11-12,16-19,22H,2-5,7H2,1H3,(H,20,21)/t9-,11-,12+,14-/m1/s1. The quantitative estimate of drug-likeness (QED) is 0.287. The molecule has 0 radical (unpaired) electrons. The lowest BCUT2D eigenvalue weighted by atomic mass is 9.87. The van der Waals surface area contributed by atoms with Crippen molar-refractivity contribution >= 4 is 5.97 Å². The van der Waals surface area contributed by atoms with Gasteiger partial charge in [0, 0.05) is 12.5 Å². The molecule has 0 aliphatic heterocycles. The highest BCUT2D eigenvalue weighted by Crippen LogP contribution is 2.29. The highest BCUT2D eigenvalue weighted by Gasteiger charge is 2.52. The van der Waals surface area contributed by atoms with Gasteiger partial charge in [-0.3, -0.25) is 0 Å². The zero-order valence-corrected chi connectivity index (χ0v) is 12.8. The van der Waals surface area contributed by atoms with Crippen LogP contribution in [0.5, 0.6) is 0 Å². The van der Waals surface area contributed by atoms with Crippen LogP contribution in [0.4, 0.5) is 0 Å². The van der Waals surface area contributed by atoms with Gasteiger partial charge >= 0.3 is 5.97 Å². The number of aryl methyl sites for hydroxylation is 1. The summed E-state index contributed by atoms with van der Waals surface area (Å²) in [5.41, 5.74) is -3.48. The maximum absolute atomic E-state index is 11.4. The summed E-state index contributed by atoms with van der Waals surface area (Å²) in [6.07, 6.45) is -3.07. The fourth-order valence-corrected chi connectivity index (χ4v) is 2.11. The predicted molar refractivity (Wildman–Crippen MR) is 76.4 cm³/mol. The highest BCUT2D eigenvalue weighted by molar-refractivity contribution is 5.79. The number of aliphatic carboxylic acids is 1. The van der Waals surface area contributed by atoms with Crippen LogP contribution in [0.2, 0.25) is 0 Å². The third-order valence-corrected chi connectivity index (χ3v) is 3.64. The minimum Gasteiger partial charge on any atom is -0.479 e. The number of carboxylic acids is 1. The molecule has 0 fully saturated rings. The molecule has 132 valence electrons. The minimum absolute atomic E-state index is 0.331. The maximum atomic E-state index is 11.4. The Bertz CT molecular complexity index is 505. The van der Waals surface area contributed by atoms with Gasteiger partial charge in [0.1, 0.15) is 29.8 Å². The fraction of sp³-hybridized carbons (Fsp3) is 0.714. The Balaban J connectivity index is 3.02. The van der Waals surface area contributed by atoms with Gasteiger partial charge in [-0.2, -0.15) is 0 Å². The van der Waals surface area contributed by atoms with Gasteiger partial charge < -0.3 is 35.2 Å². The number of carbonyl (C=O) groups is 1. The molecular formula is C14H23NO8. The van der Waals surface area contributed by atoms with Gasteiger partial charge in [0.2, 0.25) is 5.60 Å². The van der Waals surface area contributed by atoms with Crippen molar-refractivity contribution in [2.75, 3.05) is 6.61 Å². The van der Waals surface area contributed by atoms with Crippen LogP contribution in [-0.4, -0.2) is 66.7 Å². The molecule has 0 aromatic carbocycles. The number of hydrogen-bond donors (Lipinski definition) is 6. The monoisotopic (exact) mass is 333 g/mol. The van der Waals surface area contributed by atoms with Crippen LogP contribution in [0, 0.1) is 0 Å². The highest BCUT2D eigenvalue weighted by atomic mass is 16.5. The second-order valence-electron chi connectivity index (χ2n) is 5.39. The van der Waals surface area contributed by atoms with E-state index in [1.165, 1.54) is 6.07 Å².